The van der Waals surface area contributed by atoms with E-state index in [1.807, 2.05) is 30.3 Å². The molecule has 0 amide bonds. The van der Waals surface area contributed by atoms with Crippen molar-refractivity contribution >= 4 is 10.9 Å². The molecule has 0 aliphatic rings. The van der Waals surface area contributed by atoms with Gasteiger partial charge < -0.3 is 5.73 Å². The second kappa shape index (κ2) is 4.78. The Morgan fingerprint density at radius 2 is 1.74 bits per heavy atom. The average Bonchev–Trinajstić information content (AvgIpc) is 2.46. The van der Waals surface area contributed by atoms with Crippen LogP contribution in [0.4, 0.5) is 4.39 Å². The van der Waals surface area contributed by atoms with E-state index in [1.165, 1.54) is 6.07 Å². The first-order valence-corrected chi connectivity index (χ1v) is 6.10. The zero-order valence-corrected chi connectivity index (χ0v) is 10.3. The van der Waals surface area contributed by atoms with Crippen LogP contribution in [0.25, 0.3) is 10.9 Å². The fourth-order valence-electron chi connectivity index (χ4n) is 2.17. The number of aromatic nitrogens is 1. The van der Waals surface area contributed by atoms with Crippen molar-refractivity contribution in [2.45, 2.75) is 6.04 Å². The van der Waals surface area contributed by atoms with E-state index in [0.717, 1.165) is 16.5 Å². The van der Waals surface area contributed by atoms with Crippen molar-refractivity contribution in [3.63, 3.8) is 0 Å². The Labute approximate surface area is 110 Å². The summed E-state index contributed by atoms with van der Waals surface area (Å²) in [5, 5.41) is 1.01. The van der Waals surface area contributed by atoms with Crippen LogP contribution in [0.1, 0.15) is 17.2 Å². The first-order chi connectivity index (χ1) is 9.25. The number of rotatable bonds is 2. The molecule has 3 heteroatoms. The number of halogens is 1. The lowest BCUT2D eigenvalue weighted by atomic mass is 9.99. The molecule has 0 saturated carbocycles. The number of hydrogen-bond donors (Lipinski definition) is 1. The molecule has 19 heavy (non-hydrogen) atoms. The molecule has 1 aromatic heterocycles. The Morgan fingerprint density at radius 1 is 1.00 bits per heavy atom. The van der Waals surface area contributed by atoms with Gasteiger partial charge in [0.05, 0.1) is 11.6 Å². The van der Waals surface area contributed by atoms with Gasteiger partial charge in [0.15, 0.2) is 0 Å². The van der Waals surface area contributed by atoms with Gasteiger partial charge in [-0.3, -0.25) is 4.98 Å². The molecule has 0 saturated heterocycles. The lowest BCUT2D eigenvalue weighted by Crippen LogP contribution is -2.13. The molecule has 2 nitrogen and oxygen atoms in total. The molecule has 1 atom stereocenters. The van der Waals surface area contributed by atoms with Gasteiger partial charge in [0.1, 0.15) is 5.82 Å². The van der Waals surface area contributed by atoms with Gasteiger partial charge in [-0.15, -0.1) is 0 Å². The van der Waals surface area contributed by atoms with E-state index in [9.17, 15) is 4.39 Å². The van der Waals surface area contributed by atoms with Gasteiger partial charge in [-0.25, -0.2) is 4.39 Å². The van der Waals surface area contributed by atoms with Gasteiger partial charge in [-0.2, -0.15) is 0 Å². The number of para-hydroxylation sites is 1. The number of nitrogens with zero attached hydrogens (tertiary/aromatic N) is 1. The fourth-order valence-corrected chi connectivity index (χ4v) is 2.17. The summed E-state index contributed by atoms with van der Waals surface area (Å²) < 4.78 is 13.7. The summed E-state index contributed by atoms with van der Waals surface area (Å²) >= 11 is 0. The second-order valence-corrected chi connectivity index (χ2v) is 4.46. The molecule has 0 radical (unpaired) electrons. The van der Waals surface area contributed by atoms with Crippen molar-refractivity contribution in [3.8, 4) is 0 Å². The van der Waals surface area contributed by atoms with Crippen LogP contribution in [-0.4, -0.2) is 4.98 Å². The molecule has 0 aliphatic heterocycles. The second-order valence-electron chi connectivity index (χ2n) is 4.46. The van der Waals surface area contributed by atoms with Crippen LogP contribution < -0.4 is 5.73 Å². The lowest BCUT2D eigenvalue weighted by Gasteiger charge is -2.13. The number of nitrogens with two attached hydrogens (primary N) is 1. The molecule has 0 fully saturated rings. The summed E-state index contributed by atoms with van der Waals surface area (Å²) in [6.07, 6.45) is 1.71. The molecule has 94 valence electrons. The van der Waals surface area contributed by atoms with Crippen molar-refractivity contribution in [1.82, 2.24) is 4.98 Å². The molecule has 3 aromatic rings. The van der Waals surface area contributed by atoms with Crippen LogP contribution in [0.2, 0.25) is 0 Å². The van der Waals surface area contributed by atoms with Crippen molar-refractivity contribution < 1.29 is 4.39 Å². The summed E-state index contributed by atoms with van der Waals surface area (Å²) in [5.74, 6) is -0.289. The summed E-state index contributed by atoms with van der Waals surface area (Å²) in [6.45, 7) is 0. The minimum atomic E-state index is -0.502. The monoisotopic (exact) mass is 252 g/mol. The standard InChI is InChI=1S/C16H13FN2/c17-14-7-3-2-6-13(14)16(18)12-9-11-5-1-4-8-15(11)19-10-12/h1-10,16H,18H2. The predicted octanol–water partition coefficient (Wildman–Crippen LogP) is 3.42. The van der Waals surface area contributed by atoms with Gasteiger partial charge >= 0.3 is 0 Å². The molecule has 1 heterocycles. The third kappa shape index (κ3) is 2.20. The van der Waals surface area contributed by atoms with Crippen molar-refractivity contribution in [3.05, 3.63) is 77.7 Å². The van der Waals surface area contributed by atoms with Crippen molar-refractivity contribution in [1.29, 1.82) is 0 Å². The minimum Gasteiger partial charge on any atom is -0.320 e. The van der Waals surface area contributed by atoms with Crippen LogP contribution in [0.5, 0.6) is 0 Å². The number of benzene rings is 2. The van der Waals surface area contributed by atoms with E-state index < -0.39 is 6.04 Å². The van der Waals surface area contributed by atoms with Crippen LogP contribution in [-0.2, 0) is 0 Å². The molecule has 1 unspecified atom stereocenters. The third-order valence-electron chi connectivity index (χ3n) is 3.21. The highest BCUT2D eigenvalue weighted by molar-refractivity contribution is 5.78. The molecular weight excluding hydrogens is 239 g/mol. The number of pyridine rings is 1. The zero-order valence-electron chi connectivity index (χ0n) is 10.3. The normalized spacial score (nSPS) is 12.5. The molecule has 2 aromatic carbocycles. The maximum Gasteiger partial charge on any atom is 0.128 e. The first kappa shape index (κ1) is 11.8. The SMILES string of the molecule is NC(c1cnc2ccccc2c1)c1ccccc1F. The highest BCUT2D eigenvalue weighted by atomic mass is 19.1. The molecule has 0 aliphatic carbocycles. The Kier molecular flexibility index (Phi) is 2.97. The largest absolute Gasteiger partial charge is 0.320 e. The zero-order chi connectivity index (χ0) is 13.2. The van der Waals surface area contributed by atoms with Crippen LogP contribution >= 0.6 is 0 Å². The van der Waals surface area contributed by atoms with Crippen LogP contribution in [0.3, 0.4) is 0 Å². The Bertz CT molecular complexity index is 725. The van der Waals surface area contributed by atoms with Crippen LogP contribution in [0.15, 0.2) is 60.8 Å². The number of fused-ring (bicyclic) bond motifs is 1. The van der Waals surface area contributed by atoms with E-state index in [2.05, 4.69) is 4.98 Å². The molecule has 2 N–H and O–H groups in total. The highest BCUT2D eigenvalue weighted by Gasteiger charge is 2.13. The van der Waals surface area contributed by atoms with E-state index in [0.29, 0.717) is 5.56 Å². The topological polar surface area (TPSA) is 38.9 Å². The smallest absolute Gasteiger partial charge is 0.128 e. The minimum absolute atomic E-state index is 0.289. The highest BCUT2D eigenvalue weighted by Crippen LogP contribution is 2.23. The summed E-state index contributed by atoms with van der Waals surface area (Å²) in [5.41, 5.74) is 8.33. The molecule has 0 bridgehead atoms. The van der Waals surface area contributed by atoms with Gasteiger partial charge in [-0.1, -0.05) is 36.4 Å². The maximum atomic E-state index is 13.7. The lowest BCUT2D eigenvalue weighted by molar-refractivity contribution is 0.599. The van der Waals surface area contributed by atoms with Crippen molar-refractivity contribution in [2.24, 2.45) is 5.73 Å². The van der Waals surface area contributed by atoms with Gasteiger partial charge in [0.25, 0.3) is 0 Å². The van der Waals surface area contributed by atoms with Gasteiger partial charge in [0.2, 0.25) is 0 Å². The Hall–Kier alpha value is -2.26. The summed E-state index contributed by atoms with van der Waals surface area (Å²) in [4.78, 5) is 4.35. The Balaban J connectivity index is 2.07. The van der Waals surface area contributed by atoms with Gasteiger partial charge in [0, 0.05) is 17.1 Å². The maximum absolute atomic E-state index is 13.7. The quantitative estimate of drug-likeness (QED) is 0.759. The summed E-state index contributed by atoms with van der Waals surface area (Å²) in [6, 6.07) is 15.8. The number of hydrogen-bond acceptors (Lipinski definition) is 2. The average molecular weight is 252 g/mol. The van der Waals surface area contributed by atoms with Gasteiger partial charge in [-0.05, 0) is 23.8 Å². The molecule has 0 spiro atoms. The first-order valence-electron chi connectivity index (χ1n) is 6.10. The summed E-state index contributed by atoms with van der Waals surface area (Å²) in [7, 11) is 0. The molecule has 3 rings (SSSR count). The van der Waals surface area contributed by atoms with Crippen LogP contribution in [0, 0.1) is 5.82 Å². The van der Waals surface area contributed by atoms with E-state index >= 15 is 0 Å². The predicted molar refractivity (Wildman–Crippen MR) is 74.2 cm³/mol. The fraction of sp³-hybridized carbons (Fsp3) is 0.0625. The van der Waals surface area contributed by atoms with Crippen molar-refractivity contribution in [2.75, 3.05) is 0 Å². The van der Waals surface area contributed by atoms with E-state index in [1.54, 1.807) is 24.4 Å². The Morgan fingerprint density at radius 3 is 2.58 bits per heavy atom. The van der Waals surface area contributed by atoms with E-state index in [4.69, 9.17) is 5.73 Å². The third-order valence-corrected chi connectivity index (χ3v) is 3.21. The molecular formula is C16H13FN2. The van der Waals surface area contributed by atoms with E-state index in [-0.39, 0.29) is 5.82 Å².